The molecule has 0 fully saturated rings. The highest BCUT2D eigenvalue weighted by Crippen LogP contribution is 2.17. The van der Waals surface area contributed by atoms with Crippen LogP contribution in [0, 0.1) is 5.82 Å². The second kappa shape index (κ2) is 8.31. The van der Waals surface area contributed by atoms with Crippen LogP contribution in [0.4, 0.5) is 10.1 Å². The zero-order valence-corrected chi connectivity index (χ0v) is 13.5. The van der Waals surface area contributed by atoms with E-state index < -0.39 is 23.8 Å². The lowest BCUT2D eigenvalue weighted by molar-refractivity contribution is -0.155. The van der Waals surface area contributed by atoms with Gasteiger partial charge in [0.2, 0.25) is 0 Å². The topological polar surface area (TPSA) is 64.6 Å². The van der Waals surface area contributed by atoms with E-state index in [0.717, 1.165) is 6.07 Å². The summed E-state index contributed by atoms with van der Waals surface area (Å²) in [5.74, 6) is -1.35. The number of hydrogen-bond donors (Lipinski definition) is 1. The van der Waals surface area contributed by atoms with Gasteiger partial charge in [0.15, 0.2) is 12.7 Å². The monoisotopic (exact) mass is 351 g/mol. The number of amides is 1. The smallest absolute Gasteiger partial charge is 0.344 e. The molecular formula is C17H15ClFNO4. The van der Waals surface area contributed by atoms with Crippen LogP contribution < -0.4 is 10.1 Å². The van der Waals surface area contributed by atoms with Crippen LogP contribution in [0.2, 0.25) is 5.02 Å². The molecule has 0 saturated heterocycles. The van der Waals surface area contributed by atoms with Crippen molar-refractivity contribution in [2.24, 2.45) is 0 Å². The minimum absolute atomic E-state index is 0.276. The molecule has 2 aromatic rings. The number of ether oxygens (including phenoxy) is 2. The molecule has 1 amide bonds. The number of benzene rings is 2. The quantitative estimate of drug-likeness (QED) is 0.810. The maximum Gasteiger partial charge on any atom is 0.344 e. The third kappa shape index (κ3) is 5.55. The summed E-state index contributed by atoms with van der Waals surface area (Å²) in [7, 11) is 0. The molecule has 0 bridgehead atoms. The fourth-order valence-corrected chi connectivity index (χ4v) is 1.97. The molecule has 0 unspecified atom stereocenters. The number of halogens is 2. The molecule has 5 nitrogen and oxygen atoms in total. The molecule has 0 aliphatic heterocycles. The Kier molecular flexibility index (Phi) is 6.14. The number of nitrogens with one attached hydrogen (secondary N) is 1. The Labute approximate surface area is 143 Å². The number of esters is 1. The standard InChI is InChI=1S/C17H15ClFNO4/c1-11(17(22)20-14-6-3-5-13(19)9-14)24-16(21)10-23-15-7-2-4-12(18)8-15/h2-9,11H,10H2,1H3,(H,20,22)/t11-/m1/s1. The number of carbonyl (C=O) groups is 2. The van der Waals surface area contributed by atoms with Gasteiger partial charge in [0.1, 0.15) is 11.6 Å². The third-order valence-electron chi connectivity index (χ3n) is 2.92. The molecule has 126 valence electrons. The van der Waals surface area contributed by atoms with Crippen LogP contribution in [0.15, 0.2) is 48.5 Å². The van der Waals surface area contributed by atoms with Gasteiger partial charge in [0, 0.05) is 10.7 Å². The van der Waals surface area contributed by atoms with E-state index in [1.165, 1.54) is 25.1 Å². The zero-order chi connectivity index (χ0) is 17.5. The summed E-state index contributed by atoms with van der Waals surface area (Å²) >= 11 is 5.80. The van der Waals surface area contributed by atoms with Crippen LogP contribution in [0.1, 0.15) is 6.92 Å². The molecule has 0 aliphatic rings. The zero-order valence-electron chi connectivity index (χ0n) is 12.8. The van der Waals surface area contributed by atoms with Crippen LogP contribution in [0.3, 0.4) is 0 Å². The molecule has 0 heterocycles. The Morgan fingerprint density at radius 3 is 2.67 bits per heavy atom. The van der Waals surface area contributed by atoms with Gasteiger partial charge in [-0.25, -0.2) is 9.18 Å². The number of hydrogen-bond acceptors (Lipinski definition) is 4. The Bertz CT molecular complexity index is 738. The molecule has 24 heavy (non-hydrogen) atoms. The van der Waals surface area contributed by atoms with E-state index in [4.69, 9.17) is 21.1 Å². The first-order chi connectivity index (χ1) is 11.4. The van der Waals surface area contributed by atoms with E-state index in [-0.39, 0.29) is 12.3 Å². The van der Waals surface area contributed by atoms with E-state index in [1.54, 1.807) is 24.3 Å². The van der Waals surface area contributed by atoms with Crippen molar-refractivity contribution >= 4 is 29.2 Å². The van der Waals surface area contributed by atoms with Crippen LogP contribution in [0.5, 0.6) is 5.75 Å². The lowest BCUT2D eigenvalue weighted by atomic mass is 10.3. The Hall–Kier alpha value is -2.60. The van der Waals surface area contributed by atoms with Crippen LogP contribution in [-0.4, -0.2) is 24.6 Å². The Balaban J connectivity index is 1.81. The van der Waals surface area contributed by atoms with Crippen molar-refractivity contribution in [3.8, 4) is 5.75 Å². The number of rotatable bonds is 6. The summed E-state index contributed by atoms with van der Waals surface area (Å²) in [6.45, 7) is 1.05. The molecule has 0 aliphatic carbocycles. The lowest BCUT2D eigenvalue weighted by Gasteiger charge is -2.14. The SMILES string of the molecule is C[C@@H](OC(=O)COc1cccc(Cl)c1)C(=O)Nc1cccc(F)c1. The number of carbonyl (C=O) groups excluding carboxylic acids is 2. The van der Waals surface area contributed by atoms with Gasteiger partial charge >= 0.3 is 5.97 Å². The van der Waals surface area contributed by atoms with E-state index in [9.17, 15) is 14.0 Å². The Morgan fingerprint density at radius 1 is 1.21 bits per heavy atom. The second-order valence-electron chi connectivity index (χ2n) is 4.88. The lowest BCUT2D eigenvalue weighted by Crippen LogP contribution is -2.31. The van der Waals surface area contributed by atoms with E-state index in [2.05, 4.69) is 5.32 Å². The summed E-state index contributed by atoms with van der Waals surface area (Å²) in [6.07, 6.45) is -1.05. The first kappa shape index (κ1) is 17.7. The first-order valence-electron chi connectivity index (χ1n) is 7.08. The molecule has 2 aromatic carbocycles. The first-order valence-corrected chi connectivity index (χ1v) is 7.46. The van der Waals surface area contributed by atoms with Crippen molar-refractivity contribution in [1.82, 2.24) is 0 Å². The molecule has 0 saturated carbocycles. The molecular weight excluding hydrogens is 337 g/mol. The van der Waals surface area contributed by atoms with Gasteiger partial charge in [0.05, 0.1) is 0 Å². The Morgan fingerprint density at radius 2 is 1.96 bits per heavy atom. The summed E-state index contributed by atoms with van der Waals surface area (Å²) in [5, 5.41) is 2.93. The predicted octanol–water partition coefficient (Wildman–Crippen LogP) is 3.43. The molecule has 0 spiro atoms. The second-order valence-corrected chi connectivity index (χ2v) is 5.31. The average Bonchev–Trinajstić information content (AvgIpc) is 2.53. The molecule has 7 heteroatoms. The van der Waals surface area contributed by atoms with Crippen molar-refractivity contribution in [3.05, 3.63) is 59.4 Å². The van der Waals surface area contributed by atoms with Crippen molar-refractivity contribution in [2.75, 3.05) is 11.9 Å². The molecule has 1 atom stereocenters. The van der Waals surface area contributed by atoms with E-state index in [0.29, 0.717) is 10.8 Å². The average molecular weight is 352 g/mol. The van der Waals surface area contributed by atoms with Crippen molar-refractivity contribution < 1.29 is 23.5 Å². The third-order valence-corrected chi connectivity index (χ3v) is 3.16. The number of anilines is 1. The predicted molar refractivity (Wildman–Crippen MR) is 87.5 cm³/mol. The van der Waals surface area contributed by atoms with Gasteiger partial charge in [-0.1, -0.05) is 23.7 Å². The molecule has 0 radical (unpaired) electrons. The highest BCUT2D eigenvalue weighted by atomic mass is 35.5. The van der Waals surface area contributed by atoms with Gasteiger partial charge in [-0.15, -0.1) is 0 Å². The summed E-state index contributed by atoms with van der Waals surface area (Å²) in [5.41, 5.74) is 0.276. The summed E-state index contributed by atoms with van der Waals surface area (Å²) < 4.78 is 23.2. The minimum Gasteiger partial charge on any atom is -0.482 e. The maximum absolute atomic E-state index is 13.1. The highest BCUT2D eigenvalue weighted by molar-refractivity contribution is 6.30. The van der Waals surface area contributed by atoms with Crippen molar-refractivity contribution in [3.63, 3.8) is 0 Å². The molecule has 2 rings (SSSR count). The van der Waals surface area contributed by atoms with Gasteiger partial charge in [0.25, 0.3) is 5.91 Å². The van der Waals surface area contributed by atoms with Gasteiger partial charge in [-0.2, -0.15) is 0 Å². The van der Waals surface area contributed by atoms with Crippen molar-refractivity contribution in [2.45, 2.75) is 13.0 Å². The van der Waals surface area contributed by atoms with Crippen LogP contribution in [-0.2, 0) is 14.3 Å². The van der Waals surface area contributed by atoms with Crippen LogP contribution >= 0.6 is 11.6 Å². The highest BCUT2D eigenvalue weighted by Gasteiger charge is 2.18. The van der Waals surface area contributed by atoms with E-state index >= 15 is 0 Å². The van der Waals surface area contributed by atoms with Gasteiger partial charge in [-0.05, 0) is 43.3 Å². The summed E-state index contributed by atoms with van der Waals surface area (Å²) in [4.78, 5) is 23.6. The molecule has 0 aromatic heterocycles. The summed E-state index contributed by atoms with van der Waals surface area (Å²) in [6, 6.07) is 11.9. The van der Waals surface area contributed by atoms with Crippen LogP contribution in [0.25, 0.3) is 0 Å². The van der Waals surface area contributed by atoms with Gasteiger partial charge < -0.3 is 14.8 Å². The van der Waals surface area contributed by atoms with Crippen molar-refractivity contribution in [1.29, 1.82) is 0 Å². The minimum atomic E-state index is -1.05. The fraction of sp³-hybridized carbons (Fsp3) is 0.176. The van der Waals surface area contributed by atoms with E-state index in [1.807, 2.05) is 0 Å². The van der Waals surface area contributed by atoms with Gasteiger partial charge in [-0.3, -0.25) is 4.79 Å². The maximum atomic E-state index is 13.1. The fourth-order valence-electron chi connectivity index (χ4n) is 1.79. The largest absolute Gasteiger partial charge is 0.482 e. The normalized spacial score (nSPS) is 11.5. The molecule has 1 N–H and O–H groups in total.